The van der Waals surface area contributed by atoms with Crippen molar-refractivity contribution in [2.24, 2.45) is 11.7 Å². The lowest BCUT2D eigenvalue weighted by molar-refractivity contribution is -0.128. The van der Waals surface area contributed by atoms with Crippen LogP contribution in [0.25, 0.3) is 0 Å². The predicted octanol–water partition coefficient (Wildman–Crippen LogP) is 4.25. The molecule has 0 bridgehead atoms. The summed E-state index contributed by atoms with van der Waals surface area (Å²) in [6.07, 6.45) is 5.56. The molecule has 1 amide bonds. The van der Waals surface area contributed by atoms with E-state index in [1.807, 2.05) is 43.3 Å². The van der Waals surface area contributed by atoms with Crippen LogP contribution in [0.15, 0.2) is 42.6 Å². The van der Waals surface area contributed by atoms with Crippen LogP contribution >= 0.6 is 24.8 Å². The van der Waals surface area contributed by atoms with Crippen LogP contribution in [-0.2, 0) is 11.3 Å². The molecule has 0 saturated heterocycles. The van der Waals surface area contributed by atoms with Gasteiger partial charge in [-0.05, 0) is 55.7 Å². The molecule has 2 unspecified atom stereocenters. The minimum absolute atomic E-state index is 0. The lowest BCUT2D eigenvalue weighted by Gasteiger charge is -2.37. The van der Waals surface area contributed by atoms with Crippen LogP contribution in [0.4, 0.5) is 0 Å². The molecule has 1 fully saturated rings. The summed E-state index contributed by atoms with van der Waals surface area (Å²) in [6.45, 7) is 2.40. The van der Waals surface area contributed by atoms with Gasteiger partial charge in [0.1, 0.15) is 11.5 Å². The van der Waals surface area contributed by atoms with E-state index in [9.17, 15) is 4.79 Å². The first-order valence-electron chi connectivity index (χ1n) is 9.31. The van der Waals surface area contributed by atoms with Gasteiger partial charge in [-0.1, -0.05) is 12.8 Å². The zero-order valence-electron chi connectivity index (χ0n) is 16.7. The molecule has 6 nitrogen and oxygen atoms in total. The Kier molecular flexibility index (Phi) is 9.70. The fourth-order valence-corrected chi connectivity index (χ4v) is 3.48. The molecule has 1 aromatic carbocycles. The molecule has 8 heteroatoms. The second kappa shape index (κ2) is 11.2. The Morgan fingerprint density at radius 3 is 2.55 bits per heavy atom. The van der Waals surface area contributed by atoms with Crippen molar-refractivity contribution in [2.45, 2.75) is 44.7 Å². The lowest BCUT2D eigenvalue weighted by Crippen LogP contribution is -2.52. The van der Waals surface area contributed by atoms with Crippen LogP contribution in [0.3, 0.4) is 0 Å². The van der Waals surface area contributed by atoms with Gasteiger partial charge in [0, 0.05) is 24.3 Å². The summed E-state index contributed by atoms with van der Waals surface area (Å²) in [4.78, 5) is 16.8. The first-order chi connectivity index (χ1) is 13.0. The van der Waals surface area contributed by atoms with Crippen molar-refractivity contribution >= 4 is 30.7 Å². The fraction of sp³-hybridized carbons (Fsp3) is 0.429. The highest BCUT2D eigenvalue weighted by Gasteiger charge is 2.37. The lowest BCUT2D eigenvalue weighted by atomic mass is 9.74. The summed E-state index contributed by atoms with van der Waals surface area (Å²) in [5, 5.41) is 3.01. The van der Waals surface area contributed by atoms with Crippen molar-refractivity contribution in [3.05, 3.63) is 48.2 Å². The van der Waals surface area contributed by atoms with Crippen molar-refractivity contribution in [3.8, 4) is 17.4 Å². The van der Waals surface area contributed by atoms with E-state index in [2.05, 4.69) is 10.3 Å². The third-order valence-corrected chi connectivity index (χ3v) is 5.12. The van der Waals surface area contributed by atoms with Crippen molar-refractivity contribution in [1.82, 2.24) is 10.3 Å². The zero-order chi connectivity index (χ0) is 19.3. The second-order valence-electron chi connectivity index (χ2n) is 7.30. The maximum absolute atomic E-state index is 12.6. The number of pyridine rings is 1. The topological polar surface area (TPSA) is 86.5 Å². The predicted molar refractivity (Wildman–Crippen MR) is 118 cm³/mol. The summed E-state index contributed by atoms with van der Waals surface area (Å²) in [7, 11) is 1.62. The van der Waals surface area contributed by atoms with E-state index in [1.54, 1.807) is 13.3 Å². The number of carbonyl (C=O) groups excluding carboxylic acids is 1. The van der Waals surface area contributed by atoms with Crippen LogP contribution in [0.5, 0.6) is 17.4 Å². The summed E-state index contributed by atoms with van der Waals surface area (Å²) >= 11 is 0. The molecule has 0 spiro atoms. The summed E-state index contributed by atoms with van der Waals surface area (Å²) in [5.41, 5.74) is 6.82. The van der Waals surface area contributed by atoms with Crippen molar-refractivity contribution in [2.75, 3.05) is 7.11 Å². The number of benzene rings is 1. The molecule has 3 N–H and O–H groups in total. The van der Waals surface area contributed by atoms with Crippen molar-refractivity contribution < 1.29 is 14.3 Å². The van der Waals surface area contributed by atoms with Crippen LogP contribution < -0.4 is 20.5 Å². The summed E-state index contributed by atoms with van der Waals surface area (Å²) in [5.74, 6) is 1.80. The third-order valence-electron chi connectivity index (χ3n) is 5.12. The molecular formula is C21H29Cl2N3O3. The Balaban J connectivity index is 0.00000210. The van der Waals surface area contributed by atoms with E-state index < -0.39 is 5.54 Å². The zero-order valence-corrected chi connectivity index (χ0v) is 18.4. The van der Waals surface area contributed by atoms with Crippen LogP contribution in [0.2, 0.25) is 0 Å². The molecule has 29 heavy (non-hydrogen) atoms. The van der Waals surface area contributed by atoms with E-state index in [1.165, 1.54) is 0 Å². The van der Waals surface area contributed by atoms with Crippen molar-refractivity contribution in [1.29, 1.82) is 0 Å². The van der Waals surface area contributed by atoms with Gasteiger partial charge in [-0.15, -0.1) is 24.8 Å². The summed E-state index contributed by atoms with van der Waals surface area (Å²) in [6, 6.07) is 11.0. The Morgan fingerprint density at radius 1 is 1.21 bits per heavy atom. The number of amides is 1. The smallest absolute Gasteiger partial charge is 0.225 e. The fourth-order valence-electron chi connectivity index (χ4n) is 3.48. The quantitative estimate of drug-likeness (QED) is 0.699. The molecule has 1 heterocycles. The Bertz CT molecular complexity index is 785. The SMILES string of the molecule is COc1ccc(Oc2cc(CNC(=O)C3CCCCC3(C)N)ccn2)cc1.Cl.Cl. The molecule has 0 aliphatic heterocycles. The van der Waals surface area contributed by atoms with Crippen LogP contribution in [0, 0.1) is 5.92 Å². The Hall–Kier alpha value is -2.02. The number of halogens is 2. The van der Waals surface area contributed by atoms with Gasteiger partial charge >= 0.3 is 0 Å². The molecular weight excluding hydrogens is 413 g/mol. The largest absolute Gasteiger partial charge is 0.497 e. The van der Waals surface area contributed by atoms with Crippen LogP contribution in [0.1, 0.15) is 38.2 Å². The summed E-state index contributed by atoms with van der Waals surface area (Å²) < 4.78 is 10.9. The standard InChI is InChI=1S/C21H27N3O3.2ClH/c1-21(22)11-4-3-5-18(21)20(25)24-14-15-10-12-23-19(13-15)27-17-8-6-16(26-2)7-9-17;;/h6-10,12-13,18H,3-5,11,14,22H2,1-2H3,(H,24,25);2*1H. The monoisotopic (exact) mass is 441 g/mol. The molecule has 1 aliphatic carbocycles. The Labute approximate surface area is 184 Å². The number of nitrogens with one attached hydrogen (secondary N) is 1. The van der Waals surface area contributed by atoms with Gasteiger partial charge < -0.3 is 20.5 Å². The molecule has 2 aromatic rings. The van der Waals surface area contributed by atoms with Crippen molar-refractivity contribution in [3.63, 3.8) is 0 Å². The number of ether oxygens (including phenoxy) is 2. The number of carbonyl (C=O) groups is 1. The van der Waals surface area contributed by atoms with Gasteiger partial charge in [-0.3, -0.25) is 4.79 Å². The minimum atomic E-state index is -0.427. The van der Waals surface area contributed by atoms with Gasteiger partial charge in [-0.2, -0.15) is 0 Å². The molecule has 1 saturated carbocycles. The first-order valence-corrected chi connectivity index (χ1v) is 9.31. The Morgan fingerprint density at radius 2 is 1.90 bits per heavy atom. The third kappa shape index (κ3) is 6.77. The molecule has 0 radical (unpaired) electrons. The van der Waals surface area contributed by atoms with Crippen LogP contribution in [-0.4, -0.2) is 23.5 Å². The van der Waals surface area contributed by atoms with Gasteiger partial charge in [0.15, 0.2) is 0 Å². The normalized spacial score (nSPS) is 20.6. The highest BCUT2D eigenvalue weighted by molar-refractivity contribution is 5.85. The maximum atomic E-state index is 12.6. The average Bonchev–Trinajstić information content (AvgIpc) is 2.67. The number of nitrogens with two attached hydrogens (primary N) is 1. The minimum Gasteiger partial charge on any atom is -0.497 e. The number of hydrogen-bond acceptors (Lipinski definition) is 5. The van der Waals surface area contributed by atoms with Gasteiger partial charge in [0.05, 0.1) is 13.0 Å². The molecule has 1 aromatic heterocycles. The number of methoxy groups -OCH3 is 1. The highest BCUT2D eigenvalue weighted by Crippen LogP contribution is 2.31. The number of nitrogens with zero attached hydrogens (tertiary/aromatic N) is 1. The van der Waals surface area contributed by atoms with E-state index in [4.69, 9.17) is 15.2 Å². The van der Waals surface area contributed by atoms with E-state index in [0.29, 0.717) is 18.2 Å². The number of rotatable bonds is 6. The highest BCUT2D eigenvalue weighted by atomic mass is 35.5. The second-order valence-corrected chi connectivity index (χ2v) is 7.30. The number of hydrogen-bond donors (Lipinski definition) is 2. The first kappa shape index (κ1) is 25.0. The molecule has 160 valence electrons. The molecule has 2 atom stereocenters. The van der Waals surface area contributed by atoms with Gasteiger partial charge in [0.25, 0.3) is 0 Å². The van der Waals surface area contributed by atoms with E-state index >= 15 is 0 Å². The molecule has 3 rings (SSSR count). The van der Waals surface area contributed by atoms with E-state index in [0.717, 1.165) is 37.0 Å². The van der Waals surface area contributed by atoms with Gasteiger partial charge in [-0.25, -0.2) is 4.98 Å². The maximum Gasteiger partial charge on any atom is 0.225 e. The van der Waals surface area contributed by atoms with Gasteiger partial charge in [0.2, 0.25) is 11.8 Å². The molecule has 1 aliphatic rings. The number of aromatic nitrogens is 1. The average molecular weight is 442 g/mol. The van der Waals surface area contributed by atoms with E-state index in [-0.39, 0.29) is 36.6 Å².